The van der Waals surface area contributed by atoms with Gasteiger partial charge in [0.2, 0.25) is 5.91 Å². The molecule has 6 nitrogen and oxygen atoms in total. The summed E-state index contributed by atoms with van der Waals surface area (Å²) in [6.07, 6.45) is 3.32. The quantitative estimate of drug-likeness (QED) is 0.802. The zero-order valence-electron chi connectivity index (χ0n) is 15.4. The predicted octanol–water partition coefficient (Wildman–Crippen LogP) is 3.62. The van der Waals surface area contributed by atoms with Gasteiger partial charge in [-0.1, -0.05) is 36.2 Å². The van der Waals surface area contributed by atoms with Gasteiger partial charge in [-0.3, -0.25) is 19.3 Å². The molecule has 3 amide bonds. The van der Waals surface area contributed by atoms with Crippen LogP contribution < -0.4 is 10.1 Å². The van der Waals surface area contributed by atoms with Gasteiger partial charge in [0, 0.05) is 11.1 Å². The number of benzene rings is 1. The normalized spacial score (nSPS) is 23.4. The molecule has 1 N–H and O–H groups in total. The minimum Gasteiger partial charge on any atom is -0.478 e. The summed E-state index contributed by atoms with van der Waals surface area (Å²) in [4.78, 5) is 38.4. The lowest BCUT2D eigenvalue weighted by atomic mass is 9.88. The van der Waals surface area contributed by atoms with Crippen molar-refractivity contribution in [2.24, 2.45) is 0 Å². The van der Waals surface area contributed by atoms with Gasteiger partial charge in [0.05, 0.1) is 11.8 Å². The van der Waals surface area contributed by atoms with E-state index in [1.165, 1.54) is 4.90 Å². The molecule has 3 rings (SSSR count). The van der Waals surface area contributed by atoms with Crippen molar-refractivity contribution in [3.8, 4) is 5.75 Å². The summed E-state index contributed by atoms with van der Waals surface area (Å²) in [5.74, 6) is 0.274. The Morgan fingerprint density at radius 2 is 1.89 bits per heavy atom. The molecule has 0 aromatic heterocycles. The number of nitrogens with zero attached hydrogens (tertiary/aromatic N) is 1. The molecule has 2 atom stereocenters. The number of carbonyl (C=O) groups is 3. The minimum absolute atomic E-state index is 0.173. The topological polar surface area (TPSA) is 75.7 Å². The van der Waals surface area contributed by atoms with Crippen molar-refractivity contribution in [2.75, 3.05) is 5.75 Å². The molecule has 27 heavy (non-hydrogen) atoms. The summed E-state index contributed by atoms with van der Waals surface area (Å²) >= 11 is 6.91. The van der Waals surface area contributed by atoms with Crippen molar-refractivity contribution in [2.45, 2.75) is 57.2 Å². The van der Waals surface area contributed by atoms with Gasteiger partial charge in [-0.2, -0.15) is 0 Å². The van der Waals surface area contributed by atoms with E-state index in [0.717, 1.165) is 31.0 Å². The lowest BCUT2D eigenvalue weighted by Crippen LogP contribution is -2.58. The molecule has 2 fully saturated rings. The predicted molar refractivity (Wildman–Crippen MR) is 105 cm³/mol. The first-order valence-corrected chi connectivity index (χ1v) is 10.4. The SMILES string of the molecule is CC(C)(Oc1ccc(Cl)cc1)C(=O)N[C@@H]1CCCC[C@@H]1N1C(=O)CSC1=O. The van der Waals surface area contributed by atoms with E-state index in [9.17, 15) is 14.4 Å². The lowest BCUT2D eigenvalue weighted by Gasteiger charge is -2.38. The molecule has 2 aliphatic rings. The Morgan fingerprint density at radius 3 is 2.52 bits per heavy atom. The van der Waals surface area contributed by atoms with Gasteiger partial charge in [-0.25, -0.2) is 0 Å². The molecule has 1 aromatic rings. The van der Waals surface area contributed by atoms with E-state index in [-0.39, 0.29) is 34.9 Å². The van der Waals surface area contributed by atoms with Crippen molar-refractivity contribution < 1.29 is 19.1 Å². The second-order valence-corrected chi connectivity index (χ2v) is 8.68. The zero-order valence-corrected chi connectivity index (χ0v) is 16.9. The van der Waals surface area contributed by atoms with Gasteiger partial charge in [0.1, 0.15) is 5.75 Å². The number of ether oxygens (including phenoxy) is 1. The molecule has 146 valence electrons. The van der Waals surface area contributed by atoms with Crippen LogP contribution in [0.3, 0.4) is 0 Å². The molecule has 0 spiro atoms. The average Bonchev–Trinajstić information content (AvgIpc) is 2.96. The van der Waals surface area contributed by atoms with Crippen LogP contribution in [0, 0.1) is 0 Å². The number of hydrogen-bond donors (Lipinski definition) is 1. The van der Waals surface area contributed by atoms with Crippen LogP contribution in [0.25, 0.3) is 0 Å². The maximum absolute atomic E-state index is 12.9. The summed E-state index contributed by atoms with van der Waals surface area (Å²) in [6, 6.07) is 6.27. The standard InChI is InChI=1S/C19H23ClN2O4S/c1-19(2,26-13-9-7-12(20)8-10-13)17(24)21-14-5-3-4-6-15(14)22-16(23)11-27-18(22)25/h7-10,14-15H,3-6,11H2,1-2H3,(H,21,24)/t14-,15+/m1/s1. The second-order valence-electron chi connectivity index (χ2n) is 7.32. The Hall–Kier alpha value is -1.73. The number of imide groups is 1. The van der Waals surface area contributed by atoms with Gasteiger partial charge in [0.15, 0.2) is 5.60 Å². The molecule has 0 unspecified atom stereocenters. The smallest absolute Gasteiger partial charge is 0.289 e. The Morgan fingerprint density at radius 1 is 1.22 bits per heavy atom. The van der Waals surface area contributed by atoms with Crippen LogP contribution in [0.2, 0.25) is 5.02 Å². The number of nitrogens with one attached hydrogen (secondary N) is 1. The number of halogens is 1. The minimum atomic E-state index is -1.11. The van der Waals surface area contributed by atoms with E-state index in [1.807, 2.05) is 0 Å². The molecular weight excluding hydrogens is 388 g/mol. The highest BCUT2D eigenvalue weighted by Gasteiger charge is 2.42. The van der Waals surface area contributed by atoms with E-state index in [2.05, 4.69) is 5.32 Å². The molecular formula is C19H23ClN2O4S. The van der Waals surface area contributed by atoms with Gasteiger partial charge in [-0.05, 0) is 51.0 Å². The van der Waals surface area contributed by atoms with Crippen LogP contribution in [-0.2, 0) is 9.59 Å². The Balaban J connectivity index is 1.69. The first-order chi connectivity index (χ1) is 12.8. The average molecular weight is 411 g/mol. The zero-order chi connectivity index (χ0) is 19.6. The van der Waals surface area contributed by atoms with Crippen LogP contribution in [0.5, 0.6) is 5.75 Å². The lowest BCUT2D eigenvalue weighted by molar-refractivity contribution is -0.137. The second kappa shape index (κ2) is 8.10. The molecule has 1 aromatic carbocycles. The summed E-state index contributed by atoms with van der Waals surface area (Å²) < 4.78 is 5.84. The fourth-order valence-electron chi connectivity index (χ4n) is 3.46. The third-order valence-electron chi connectivity index (χ3n) is 4.90. The molecule has 1 saturated carbocycles. The van der Waals surface area contributed by atoms with Crippen LogP contribution in [0.4, 0.5) is 4.79 Å². The molecule has 0 radical (unpaired) electrons. The molecule has 0 bridgehead atoms. The summed E-state index contributed by atoms with van der Waals surface area (Å²) in [7, 11) is 0. The maximum atomic E-state index is 12.9. The molecule has 1 saturated heterocycles. The number of thioether (sulfide) groups is 1. The summed E-state index contributed by atoms with van der Waals surface area (Å²) in [5, 5.41) is 3.38. The van der Waals surface area contributed by atoms with Gasteiger partial charge in [0.25, 0.3) is 11.1 Å². The highest BCUT2D eigenvalue weighted by molar-refractivity contribution is 8.14. The Labute approximate surface area is 167 Å². The maximum Gasteiger partial charge on any atom is 0.289 e. The first-order valence-electron chi connectivity index (χ1n) is 9.02. The van der Waals surface area contributed by atoms with E-state index < -0.39 is 5.60 Å². The molecule has 1 heterocycles. The fourth-order valence-corrected chi connectivity index (χ4v) is 4.35. The third-order valence-corrected chi connectivity index (χ3v) is 5.98. The van der Waals surface area contributed by atoms with Gasteiger partial charge >= 0.3 is 0 Å². The Bertz CT molecular complexity index is 722. The largest absolute Gasteiger partial charge is 0.478 e. The summed E-state index contributed by atoms with van der Waals surface area (Å²) in [6.45, 7) is 3.38. The highest BCUT2D eigenvalue weighted by Crippen LogP contribution is 2.30. The highest BCUT2D eigenvalue weighted by atomic mass is 35.5. The van der Waals surface area contributed by atoms with E-state index >= 15 is 0 Å². The van der Waals surface area contributed by atoms with Crippen molar-refractivity contribution in [1.82, 2.24) is 10.2 Å². The van der Waals surface area contributed by atoms with Gasteiger partial charge < -0.3 is 10.1 Å². The molecule has 1 aliphatic carbocycles. The molecule has 8 heteroatoms. The van der Waals surface area contributed by atoms with Gasteiger partial charge in [-0.15, -0.1) is 0 Å². The van der Waals surface area contributed by atoms with Crippen molar-refractivity contribution in [1.29, 1.82) is 0 Å². The van der Waals surface area contributed by atoms with Crippen molar-refractivity contribution >= 4 is 40.4 Å². The fraction of sp³-hybridized carbons (Fsp3) is 0.526. The van der Waals surface area contributed by atoms with Crippen LogP contribution in [0.15, 0.2) is 24.3 Å². The van der Waals surface area contributed by atoms with E-state index in [1.54, 1.807) is 38.1 Å². The third kappa shape index (κ3) is 4.58. The van der Waals surface area contributed by atoms with Crippen LogP contribution in [0.1, 0.15) is 39.5 Å². The first kappa shape index (κ1) is 20.0. The van der Waals surface area contributed by atoms with Crippen molar-refractivity contribution in [3.63, 3.8) is 0 Å². The number of hydrogen-bond acceptors (Lipinski definition) is 5. The van der Waals surface area contributed by atoms with E-state index in [4.69, 9.17) is 16.3 Å². The van der Waals surface area contributed by atoms with Crippen LogP contribution in [-0.4, -0.2) is 45.4 Å². The monoisotopic (exact) mass is 410 g/mol. The van der Waals surface area contributed by atoms with Crippen molar-refractivity contribution in [3.05, 3.63) is 29.3 Å². The molecule has 1 aliphatic heterocycles. The van der Waals surface area contributed by atoms with Crippen LogP contribution >= 0.6 is 23.4 Å². The summed E-state index contributed by atoms with van der Waals surface area (Å²) in [5.41, 5.74) is -1.11. The number of amides is 3. The number of rotatable bonds is 5. The number of carbonyl (C=O) groups excluding carboxylic acids is 3. The Kier molecular flexibility index (Phi) is 6.01. The van der Waals surface area contributed by atoms with E-state index in [0.29, 0.717) is 17.2 Å².